The molecule has 0 bridgehead atoms. The lowest BCUT2D eigenvalue weighted by Crippen LogP contribution is -2.36. The largest absolute Gasteiger partial charge is 0.493 e. The molecule has 28 heavy (non-hydrogen) atoms. The maximum atomic E-state index is 5.89. The maximum absolute atomic E-state index is 5.89. The van der Waals surface area contributed by atoms with E-state index >= 15 is 0 Å². The van der Waals surface area contributed by atoms with E-state index in [-0.39, 0.29) is 24.0 Å². The predicted octanol–water partition coefficient (Wildman–Crippen LogP) is 3.73. The van der Waals surface area contributed by atoms with E-state index in [0.29, 0.717) is 13.1 Å². The Morgan fingerprint density at radius 1 is 1.14 bits per heavy atom. The number of pyridine rings is 1. The summed E-state index contributed by atoms with van der Waals surface area (Å²) in [5.41, 5.74) is 3.43. The Labute approximate surface area is 185 Å². The highest BCUT2D eigenvalue weighted by Gasteiger charge is 2.08. The first kappa shape index (κ1) is 24.0. The highest BCUT2D eigenvalue weighted by Crippen LogP contribution is 2.20. The van der Waals surface area contributed by atoms with Gasteiger partial charge in [0, 0.05) is 51.6 Å². The zero-order valence-corrected chi connectivity index (χ0v) is 19.8. The van der Waals surface area contributed by atoms with Gasteiger partial charge < -0.3 is 20.3 Å². The monoisotopic (exact) mass is 497 g/mol. The lowest BCUT2D eigenvalue weighted by molar-refractivity contribution is 0.313. The van der Waals surface area contributed by atoms with E-state index in [1.165, 1.54) is 5.56 Å². The van der Waals surface area contributed by atoms with Crippen molar-refractivity contribution in [2.24, 2.45) is 4.99 Å². The average Bonchev–Trinajstić information content (AvgIpc) is 2.67. The molecule has 2 rings (SSSR count). The molecule has 0 aliphatic heterocycles. The van der Waals surface area contributed by atoms with Crippen LogP contribution in [0.5, 0.6) is 5.75 Å². The number of hydrogen-bond acceptors (Lipinski definition) is 4. The minimum absolute atomic E-state index is 0. The Balaban J connectivity index is 0.00000392. The van der Waals surface area contributed by atoms with Crippen LogP contribution < -0.4 is 20.3 Å². The van der Waals surface area contributed by atoms with Crippen LogP contribution in [0.15, 0.2) is 41.5 Å². The average molecular weight is 497 g/mol. The van der Waals surface area contributed by atoms with Crippen LogP contribution in [0.25, 0.3) is 0 Å². The molecule has 2 aromatic rings. The zero-order valence-electron chi connectivity index (χ0n) is 17.5. The number of aromatic nitrogens is 1. The van der Waals surface area contributed by atoms with Gasteiger partial charge in [0.2, 0.25) is 0 Å². The number of anilines is 1. The van der Waals surface area contributed by atoms with E-state index in [2.05, 4.69) is 58.7 Å². The first-order valence-corrected chi connectivity index (χ1v) is 9.33. The molecule has 1 heterocycles. The number of benzene rings is 1. The van der Waals surface area contributed by atoms with E-state index in [9.17, 15) is 0 Å². The van der Waals surface area contributed by atoms with E-state index in [4.69, 9.17) is 4.74 Å². The lowest BCUT2D eigenvalue weighted by atomic mass is 10.1. The molecular weight excluding hydrogens is 465 g/mol. The van der Waals surface area contributed by atoms with Crippen LogP contribution in [-0.2, 0) is 13.1 Å². The molecule has 0 aliphatic rings. The van der Waals surface area contributed by atoms with Crippen LogP contribution in [0.2, 0.25) is 0 Å². The molecule has 7 heteroatoms. The standard InChI is InChI=1S/C21H31N5O.HI/c1-6-12-27-19-13-16(2)9-10-17(19)14-24-21(22-3)25-15-18-8-7-11-23-20(18)26(4)5;/h7-11,13H,6,12,14-15H2,1-5H3,(H2,22,24,25);1H. The van der Waals surface area contributed by atoms with Gasteiger partial charge >= 0.3 is 0 Å². The van der Waals surface area contributed by atoms with Gasteiger partial charge in [-0.25, -0.2) is 4.98 Å². The van der Waals surface area contributed by atoms with Gasteiger partial charge in [-0.15, -0.1) is 24.0 Å². The van der Waals surface area contributed by atoms with Crippen molar-refractivity contribution in [3.8, 4) is 5.75 Å². The number of nitrogens with one attached hydrogen (secondary N) is 2. The van der Waals surface area contributed by atoms with Gasteiger partial charge in [0.25, 0.3) is 0 Å². The molecule has 0 fully saturated rings. The van der Waals surface area contributed by atoms with Crippen molar-refractivity contribution in [1.29, 1.82) is 0 Å². The molecule has 2 N–H and O–H groups in total. The van der Waals surface area contributed by atoms with Gasteiger partial charge in [0.15, 0.2) is 5.96 Å². The van der Waals surface area contributed by atoms with Crippen molar-refractivity contribution in [1.82, 2.24) is 15.6 Å². The number of aryl methyl sites for hydroxylation is 1. The Bertz CT molecular complexity index is 764. The predicted molar refractivity (Wildman–Crippen MR) is 128 cm³/mol. The summed E-state index contributed by atoms with van der Waals surface area (Å²) in [6.45, 7) is 6.20. The smallest absolute Gasteiger partial charge is 0.191 e. The third-order valence-corrected chi connectivity index (χ3v) is 4.09. The van der Waals surface area contributed by atoms with Gasteiger partial charge in [-0.05, 0) is 31.0 Å². The van der Waals surface area contributed by atoms with Crippen molar-refractivity contribution in [3.63, 3.8) is 0 Å². The minimum Gasteiger partial charge on any atom is -0.493 e. The summed E-state index contributed by atoms with van der Waals surface area (Å²) in [7, 11) is 5.76. The molecule has 0 aliphatic carbocycles. The molecular formula is C21H32IN5O. The van der Waals surface area contributed by atoms with Crippen molar-refractivity contribution < 1.29 is 4.74 Å². The summed E-state index contributed by atoms with van der Waals surface area (Å²) >= 11 is 0. The van der Waals surface area contributed by atoms with Gasteiger partial charge in [-0.2, -0.15) is 0 Å². The van der Waals surface area contributed by atoms with Gasteiger partial charge in [0.05, 0.1) is 6.61 Å². The molecule has 0 radical (unpaired) electrons. The zero-order chi connectivity index (χ0) is 19.6. The van der Waals surface area contributed by atoms with Gasteiger partial charge in [0.1, 0.15) is 11.6 Å². The molecule has 0 saturated heterocycles. The van der Waals surface area contributed by atoms with Crippen LogP contribution in [0.3, 0.4) is 0 Å². The van der Waals surface area contributed by atoms with Gasteiger partial charge in [-0.1, -0.05) is 25.1 Å². The second kappa shape index (κ2) is 12.4. The fraction of sp³-hybridized carbons (Fsp3) is 0.429. The molecule has 0 amide bonds. The van der Waals surface area contributed by atoms with Crippen LogP contribution in [0, 0.1) is 6.92 Å². The Hall–Kier alpha value is -2.03. The van der Waals surface area contributed by atoms with E-state index in [1.807, 2.05) is 25.1 Å². The fourth-order valence-electron chi connectivity index (χ4n) is 2.70. The Morgan fingerprint density at radius 2 is 1.86 bits per heavy atom. The summed E-state index contributed by atoms with van der Waals surface area (Å²) in [5.74, 6) is 2.63. The van der Waals surface area contributed by atoms with Crippen LogP contribution >= 0.6 is 24.0 Å². The molecule has 0 spiro atoms. The number of aliphatic imine (C=N–C) groups is 1. The van der Waals surface area contributed by atoms with Crippen molar-refractivity contribution in [2.75, 3.05) is 32.6 Å². The van der Waals surface area contributed by atoms with E-state index < -0.39 is 0 Å². The molecule has 0 atom stereocenters. The number of ether oxygens (including phenoxy) is 1. The first-order valence-electron chi connectivity index (χ1n) is 9.33. The van der Waals surface area contributed by atoms with Crippen molar-refractivity contribution in [2.45, 2.75) is 33.4 Å². The second-order valence-electron chi connectivity index (χ2n) is 6.62. The van der Waals surface area contributed by atoms with Crippen LogP contribution in [0.1, 0.15) is 30.0 Å². The molecule has 0 saturated carbocycles. The first-order chi connectivity index (χ1) is 13.0. The van der Waals surface area contributed by atoms with E-state index in [0.717, 1.165) is 41.7 Å². The van der Waals surface area contributed by atoms with Crippen LogP contribution in [0.4, 0.5) is 5.82 Å². The topological polar surface area (TPSA) is 61.8 Å². The quantitative estimate of drug-likeness (QED) is 0.331. The third kappa shape index (κ3) is 7.18. The minimum atomic E-state index is 0. The molecule has 1 aromatic carbocycles. The summed E-state index contributed by atoms with van der Waals surface area (Å²) in [5, 5.41) is 6.72. The summed E-state index contributed by atoms with van der Waals surface area (Å²) in [4.78, 5) is 10.8. The third-order valence-electron chi connectivity index (χ3n) is 4.09. The maximum Gasteiger partial charge on any atom is 0.191 e. The molecule has 0 unspecified atom stereocenters. The summed E-state index contributed by atoms with van der Waals surface area (Å²) in [6, 6.07) is 10.3. The highest BCUT2D eigenvalue weighted by molar-refractivity contribution is 14.0. The second-order valence-corrected chi connectivity index (χ2v) is 6.62. The van der Waals surface area contributed by atoms with Crippen molar-refractivity contribution in [3.05, 3.63) is 53.2 Å². The highest BCUT2D eigenvalue weighted by atomic mass is 127. The van der Waals surface area contributed by atoms with E-state index in [1.54, 1.807) is 13.2 Å². The Kier molecular flexibility index (Phi) is 10.7. The molecule has 6 nitrogen and oxygen atoms in total. The number of hydrogen-bond donors (Lipinski definition) is 2. The lowest BCUT2D eigenvalue weighted by Gasteiger charge is -2.18. The number of nitrogens with zero attached hydrogens (tertiary/aromatic N) is 3. The Morgan fingerprint density at radius 3 is 2.50 bits per heavy atom. The molecule has 1 aromatic heterocycles. The van der Waals surface area contributed by atoms with Crippen molar-refractivity contribution >= 4 is 35.8 Å². The number of halogens is 1. The number of guanidine groups is 1. The summed E-state index contributed by atoms with van der Waals surface area (Å²) in [6.07, 6.45) is 2.80. The fourth-order valence-corrected chi connectivity index (χ4v) is 2.70. The summed E-state index contributed by atoms with van der Waals surface area (Å²) < 4.78 is 5.89. The number of rotatable bonds is 8. The molecule has 154 valence electrons. The normalized spacial score (nSPS) is 10.8. The van der Waals surface area contributed by atoms with Crippen LogP contribution in [-0.4, -0.2) is 38.7 Å². The SMILES string of the molecule is CCCOc1cc(C)ccc1CNC(=NC)NCc1cccnc1N(C)C.I. The van der Waals surface area contributed by atoms with Gasteiger partial charge in [-0.3, -0.25) is 4.99 Å².